The van der Waals surface area contributed by atoms with Gasteiger partial charge in [0.05, 0.1) is 0 Å². The summed E-state index contributed by atoms with van der Waals surface area (Å²) in [6.45, 7) is 6.47. The van der Waals surface area contributed by atoms with Crippen LogP contribution in [0.3, 0.4) is 0 Å². The van der Waals surface area contributed by atoms with Crippen molar-refractivity contribution in [3.05, 3.63) is 11.7 Å². The van der Waals surface area contributed by atoms with Crippen molar-refractivity contribution in [2.75, 3.05) is 53.4 Å². The third kappa shape index (κ3) is 4.04. The van der Waals surface area contributed by atoms with Crippen molar-refractivity contribution in [3.63, 3.8) is 0 Å². The molecular formula is C12H23N5O. The van der Waals surface area contributed by atoms with Gasteiger partial charge in [0.1, 0.15) is 0 Å². The minimum absolute atomic E-state index is 0.764. The summed E-state index contributed by atoms with van der Waals surface area (Å²) in [7, 11) is 4.09. The molecule has 1 fully saturated rings. The first kappa shape index (κ1) is 13.5. The Morgan fingerprint density at radius 1 is 1.22 bits per heavy atom. The summed E-state index contributed by atoms with van der Waals surface area (Å²) < 4.78 is 5.25. The quantitative estimate of drug-likeness (QED) is 0.746. The zero-order chi connectivity index (χ0) is 12.8. The van der Waals surface area contributed by atoms with Crippen molar-refractivity contribution < 1.29 is 4.52 Å². The molecule has 0 aliphatic carbocycles. The van der Waals surface area contributed by atoms with E-state index in [1.165, 1.54) is 0 Å². The molecule has 0 amide bonds. The second kappa shape index (κ2) is 6.82. The van der Waals surface area contributed by atoms with Crippen LogP contribution in [0.5, 0.6) is 0 Å². The van der Waals surface area contributed by atoms with E-state index in [1.807, 2.05) is 7.05 Å². The first-order valence-electron chi connectivity index (χ1n) is 6.65. The number of likely N-dealkylation sites (N-methyl/N-ethyl adjacent to an activating group) is 2. The topological polar surface area (TPSA) is 57.4 Å². The largest absolute Gasteiger partial charge is 0.339 e. The molecule has 1 aliphatic heterocycles. The molecule has 0 saturated carbocycles. The van der Waals surface area contributed by atoms with Gasteiger partial charge in [-0.15, -0.1) is 0 Å². The number of nitrogens with one attached hydrogen (secondary N) is 1. The molecule has 1 N–H and O–H groups in total. The Morgan fingerprint density at radius 2 is 2.00 bits per heavy atom. The summed E-state index contributed by atoms with van der Waals surface area (Å²) in [5, 5.41) is 7.06. The van der Waals surface area contributed by atoms with Crippen LogP contribution in [0, 0.1) is 0 Å². The van der Waals surface area contributed by atoms with Crippen LogP contribution < -0.4 is 5.32 Å². The van der Waals surface area contributed by atoms with E-state index in [0.29, 0.717) is 0 Å². The lowest BCUT2D eigenvalue weighted by molar-refractivity contribution is 0.152. The van der Waals surface area contributed by atoms with Gasteiger partial charge in [0.25, 0.3) is 0 Å². The SMILES string of the molecule is CNCCc1noc(CCN2CCN(C)CC2)n1. The van der Waals surface area contributed by atoms with Gasteiger partial charge in [0, 0.05) is 52.1 Å². The second-order valence-electron chi connectivity index (χ2n) is 4.85. The number of piperazine rings is 1. The van der Waals surface area contributed by atoms with Crippen LogP contribution in [0.2, 0.25) is 0 Å². The molecule has 1 aromatic heterocycles. The molecule has 2 rings (SSSR count). The molecule has 1 saturated heterocycles. The maximum Gasteiger partial charge on any atom is 0.227 e. The zero-order valence-electron chi connectivity index (χ0n) is 11.4. The number of rotatable bonds is 6. The van der Waals surface area contributed by atoms with Crippen LogP contribution in [0.15, 0.2) is 4.52 Å². The van der Waals surface area contributed by atoms with E-state index >= 15 is 0 Å². The molecule has 102 valence electrons. The maximum atomic E-state index is 5.25. The molecule has 0 radical (unpaired) electrons. The van der Waals surface area contributed by atoms with Crippen LogP contribution in [0.25, 0.3) is 0 Å². The smallest absolute Gasteiger partial charge is 0.227 e. The summed E-state index contributed by atoms with van der Waals surface area (Å²) in [4.78, 5) is 9.21. The maximum absolute atomic E-state index is 5.25. The van der Waals surface area contributed by atoms with Gasteiger partial charge in [-0.1, -0.05) is 5.16 Å². The van der Waals surface area contributed by atoms with Crippen LogP contribution in [-0.4, -0.2) is 73.3 Å². The van der Waals surface area contributed by atoms with Crippen molar-refractivity contribution >= 4 is 0 Å². The predicted molar refractivity (Wildman–Crippen MR) is 69.6 cm³/mol. The standard InChI is InChI=1S/C12H23N5O/c1-13-5-3-11-14-12(18-15-11)4-6-17-9-7-16(2)8-10-17/h13H,3-10H2,1-2H3. The highest BCUT2D eigenvalue weighted by atomic mass is 16.5. The van der Waals surface area contributed by atoms with Crippen molar-refractivity contribution in [1.29, 1.82) is 0 Å². The summed E-state index contributed by atoms with van der Waals surface area (Å²) in [5.74, 6) is 1.57. The summed E-state index contributed by atoms with van der Waals surface area (Å²) in [6, 6.07) is 0. The lowest BCUT2D eigenvalue weighted by Crippen LogP contribution is -2.45. The first-order chi connectivity index (χ1) is 8.78. The van der Waals surface area contributed by atoms with E-state index in [4.69, 9.17) is 4.52 Å². The van der Waals surface area contributed by atoms with Crippen LogP contribution in [0.4, 0.5) is 0 Å². The highest BCUT2D eigenvalue weighted by Gasteiger charge is 2.14. The Kier molecular flexibility index (Phi) is 5.10. The van der Waals surface area contributed by atoms with E-state index in [2.05, 4.69) is 32.3 Å². The van der Waals surface area contributed by atoms with Gasteiger partial charge in [-0.3, -0.25) is 0 Å². The van der Waals surface area contributed by atoms with Crippen LogP contribution in [0.1, 0.15) is 11.7 Å². The number of hydrogen-bond donors (Lipinski definition) is 1. The zero-order valence-corrected chi connectivity index (χ0v) is 11.4. The van der Waals surface area contributed by atoms with E-state index < -0.39 is 0 Å². The molecule has 1 aliphatic rings. The summed E-state index contributed by atoms with van der Waals surface area (Å²) in [5.41, 5.74) is 0. The minimum Gasteiger partial charge on any atom is -0.339 e. The molecule has 0 aromatic carbocycles. The fourth-order valence-corrected chi connectivity index (χ4v) is 2.06. The molecule has 1 aromatic rings. The molecule has 2 heterocycles. The third-order valence-corrected chi connectivity index (χ3v) is 3.35. The average molecular weight is 253 g/mol. The molecule has 6 heteroatoms. The lowest BCUT2D eigenvalue weighted by Gasteiger charge is -2.31. The molecule has 0 spiro atoms. The highest BCUT2D eigenvalue weighted by molar-refractivity contribution is 4.88. The highest BCUT2D eigenvalue weighted by Crippen LogP contribution is 2.03. The van der Waals surface area contributed by atoms with E-state index in [-0.39, 0.29) is 0 Å². The van der Waals surface area contributed by atoms with Crippen LogP contribution in [-0.2, 0) is 12.8 Å². The van der Waals surface area contributed by atoms with Crippen molar-refractivity contribution in [3.8, 4) is 0 Å². The van der Waals surface area contributed by atoms with Crippen molar-refractivity contribution in [2.45, 2.75) is 12.8 Å². The molecular weight excluding hydrogens is 230 g/mol. The monoisotopic (exact) mass is 253 g/mol. The Morgan fingerprint density at radius 3 is 2.72 bits per heavy atom. The second-order valence-corrected chi connectivity index (χ2v) is 4.85. The van der Waals surface area contributed by atoms with Crippen LogP contribution >= 0.6 is 0 Å². The predicted octanol–water partition coefficient (Wildman–Crippen LogP) is -0.379. The Balaban J connectivity index is 1.71. The fraction of sp³-hybridized carbons (Fsp3) is 0.833. The third-order valence-electron chi connectivity index (χ3n) is 3.35. The van der Waals surface area contributed by atoms with E-state index in [9.17, 15) is 0 Å². The molecule has 0 bridgehead atoms. The summed E-state index contributed by atoms with van der Waals surface area (Å²) >= 11 is 0. The van der Waals surface area contributed by atoms with Gasteiger partial charge in [0.2, 0.25) is 5.89 Å². The number of nitrogens with zero attached hydrogens (tertiary/aromatic N) is 4. The van der Waals surface area contributed by atoms with Gasteiger partial charge in [-0.2, -0.15) is 4.98 Å². The molecule has 6 nitrogen and oxygen atoms in total. The Labute approximate surface area is 108 Å². The van der Waals surface area contributed by atoms with Gasteiger partial charge >= 0.3 is 0 Å². The average Bonchev–Trinajstić information content (AvgIpc) is 2.84. The normalized spacial score (nSPS) is 18.3. The lowest BCUT2D eigenvalue weighted by atomic mass is 10.3. The van der Waals surface area contributed by atoms with Crippen molar-refractivity contribution in [1.82, 2.24) is 25.3 Å². The number of aromatic nitrogens is 2. The van der Waals surface area contributed by atoms with Gasteiger partial charge in [-0.25, -0.2) is 0 Å². The van der Waals surface area contributed by atoms with E-state index in [0.717, 1.165) is 63.8 Å². The molecule has 0 unspecified atom stereocenters. The Hall–Kier alpha value is -0.980. The minimum atomic E-state index is 0.764. The Bertz CT molecular complexity index is 346. The molecule has 18 heavy (non-hydrogen) atoms. The van der Waals surface area contributed by atoms with Gasteiger partial charge in [-0.05, 0) is 14.1 Å². The van der Waals surface area contributed by atoms with Crippen molar-refractivity contribution in [2.24, 2.45) is 0 Å². The first-order valence-corrected chi connectivity index (χ1v) is 6.65. The number of hydrogen-bond acceptors (Lipinski definition) is 6. The summed E-state index contributed by atoms with van der Waals surface area (Å²) in [6.07, 6.45) is 1.69. The van der Waals surface area contributed by atoms with Gasteiger partial charge < -0.3 is 19.6 Å². The van der Waals surface area contributed by atoms with E-state index in [1.54, 1.807) is 0 Å². The fourth-order valence-electron chi connectivity index (χ4n) is 2.06. The van der Waals surface area contributed by atoms with Gasteiger partial charge in [0.15, 0.2) is 5.82 Å². The molecule has 0 atom stereocenters.